The molecule has 2 aromatic heterocycles. The highest BCUT2D eigenvalue weighted by atomic mass is 16.3. The van der Waals surface area contributed by atoms with Gasteiger partial charge in [0.05, 0.1) is 17.4 Å². The van der Waals surface area contributed by atoms with E-state index >= 15 is 0 Å². The van der Waals surface area contributed by atoms with Crippen LogP contribution in [0.5, 0.6) is 11.5 Å². The van der Waals surface area contributed by atoms with Crippen molar-refractivity contribution in [1.29, 1.82) is 0 Å². The predicted octanol–water partition coefficient (Wildman–Crippen LogP) is 2.33. The van der Waals surface area contributed by atoms with Crippen molar-refractivity contribution in [3.05, 3.63) is 52.7 Å². The van der Waals surface area contributed by atoms with Crippen LogP contribution >= 0.6 is 0 Å². The smallest absolute Gasteiger partial charge is 0.348 e. The lowest BCUT2D eigenvalue weighted by atomic mass is 9.85. The Balaban J connectivity index is 2.27. The van der Waals surface area contributed by atoms with Crippen LogP contribution in [-0.4, -0.2) is 30.0 Å². The van der Waals surface area contributed by atoms with E-state index in [1.807, 2.05) is 20.8 Å². The summed E-state index contributed by atoms with van der Waals surface area (Å²) in [5.41, 5.74) is 0.727. The van der Waals surface area contributed by atoms with Gasteiger partial charge in [-0.3, -0.25) is 4.98 Å². The van der Waals surface area contributed by atoms with E-state index in [2.05, 4.69) is 15.2 Å². The molecular weight excluding hydrogens is 308 g/mol. The number of pyridine rings is 1. The first-order valence-corrected chi connectivity index (χ1v) is 7.43. The van der Waals surface area contributed by atoms with E-state index in [9.17, 15) is 15.0 Å². The molecule has 0 saturated carbocycles. The Kier molecular flexibility index (Phi) is 3.63. The van der Waals surface area contributed by atoms with Crippen LogP contribution in [0.2, 0.25) is 0 Å². The standard InChI is InChI=1S/C17H18N4O3/c1-17(2,3)12-7-11(13(22)8-14(12)23)15-19-20-16(24)21(15)10-5-4-6-18-9-10/h4-9,22-23H,1-3H3,(H,20,24). The van der Waals surface area contributed by atoms with Gasteiger partial charge in [-0.25, -0.2) is 14.5 Å². The van der Waals surface area contributed by atoms with Gasteiger partial charge in [0.2, 0.25) is 0 Å². The molecule has 0 aliphatic heterocycles. The topological polar surface area (TPSA) is 104 Å². The van der Waals surface area contributed by atoms with Gasteiger partial charge in [0.1, 0.15) is 11.5 Å². The van der Waals surface area contributed by atoms with Crippen molar-refractivity contribution in [3.8, 4) is 28.6 Å². The van der Waals surface area contributed by atoms with E-state index < -0.39 is 5.69 Å². The van der Waals surface area contributed by atoms with Crippen LogP contribution < -0.4 is 5.69 Å². The van der Waals surface area contributed by atoms with Gasteiger partial charge in [-0.1, -0.05) is 20.8 Å². The molecule has 0 bridgehead atoms. The number of nitrogens with one attached hydrogen (secondary N) is 1. The van der Waals surface area contributed by atoms with Gasteiger partial charge in [0, 0.05) is 17.8 Å². The Morgan fingerprint density at radius 1 is 1.17 bits per heavy atom. The number of nitrogens with zero attached hydrogens (tertiary/aromatic N) is 3. The summed E-state index contributed by atoms with van der Waals surface area (Å²) >= 11 is 0. The number of hydrogen-bond acceptors (Lipinski definition) is 5. The summed E-state index contributed by atoms with van der Waals surface area (Å²) < 4.78 is 1.32. The molecular formula is C17H18N4O3. The summed E-state index contributed by atoms with van der Waals surface area (Å²) in [7, 11) is 0. The highest BCUT2D eigenvalue weighted by Crippen LogP contribution is 2.39. The molecule has 124 valence electrons. The van der Waals surface area contributed by atoms with Gasteiger partial charge < -0.3 is 10.2 Å². The van der Waals surface area contributed by atoms with E-state index in [0.717, 1.165) is 0 Å². The summed E-state index contributed by atoms with van der Waals surface area (Å²) in [4.78, 5) is 16.2. The van der Waals surface area contributed by atoms with Crippen molar-refractivity contribution < 1.29 is 10.2 Å². The molecule has 2 heterocycles. The molecule has 7 nitrogen and oxygen atoms in total. The van der Waals surface area contributed by atoms with Crippen molar-refractivity contribution >= 4 is 0 Å². The molecule has 1 aromatic carbocycles. The normalized spacial score (nSPS) is 11.6. The Bertz CT molecular complexity index is 937. The summed E-state index contributed by atoms with van der Waals surface area (Å²) in [5.74, 6) is 0.0789. The minimum absolute atomic E-state index is 0.00504. The van der Waals surface area contributed by atoms with Crippen LogP contribution in [0.15, 0.2) is 41.5 Å². The third-order valence-electron chi connectivity index (χ3n) is 3.74. The maximum absolute atomic E-state index is 12.2. The predicted molar refractivity (Wildman–Crippen MR) is 89.4 cm³/mol. The van der Waals surface area contributed by atoms with Crippen molar-refractivity contribution in [1.82, 2.24) is 19.7 Å². The molecule has 0 fully saturated rings. The van der Waals surface area contributed by atoms with Crippen molar-refractivity contribution in [2.75, 3.05) is 0 Å². The number of phenols is 2. The molecule has 3 rings (SSSR count). The quantitative estimate of drug-likeness (QED) is 0.670. The highest BCUT2D eigenvalue weighted by molar-refractivity contribution is 5.69. The summed E-state index contributed by atoms with van der Waals surface area (Å²) in [5, 5.41) is 26.8. The van der Waals surface area contributed by atoms with Gasteiger partial charge in [-0.2, -0.15) is 5.10 Å². The zero-order chi connectivity index (χ0) is 17.5. The molecule has 0 saturated heterocycles. The Morgan fingerprint density at radius 2 is 1.92 bits per heavy atom. The molecule has 0 unspecified atom stereocenters. The monoisotopic (exact) mass is 326 g/mol. The largest absolute Gasteiger partial charge is 0.508 e. The second kappa shape index (κ2) is 5.52. The number of H-pyrrole nitrogens is 1. The van der Waals surface area contributed by atoms with Gasteiger partial charge in [-0.15, -0.1) is 0 Å². The second-order valence-electron chi connectivity index (χ2n) is 6.54. The SMILES string of the molecule is CC(C)(C)c1cc(-c2n[nH]c(=O)n2-c2cccnc2)c(O)cc1O. The van der Waals surface area contributed by atoms with Crippen LogP contribution in [0.1, 0.15) is 26.3 Å². The maximum Gasteiger partial charge on any atom is 0.348 e. The number of benzene rings is 1. The Morgan fingerprint density at radius 3 is 2.54 bits per heavy atom. The van der Waals surface area contributed by atoms with Crippen LogP contribution in [0, 0.1) is 0 Å². The minimum Gasteiger partial charge on any atom is -0.508 e. The molecule has 0 spiro atoms. The second-order valence-corrected chi connectivity index (χ2v) is 6.54. The van der Waals surface area contributed by atoms with E-state index in [1.165, 1.54) is 16.8 Å². The van der Waals surface area contributed by atoms with Gasteiger partial charge in [0.15, 0.2) is 5.82 Å². The third kappa shape index (κ3) is 2.64. The number of hydrogen-bond donors (Lipinski definition) is 3. The van der Waals surface area contributed by atoms with Gasteiger partial charge in [0.25, 0.3) is 0 Å². The number of aromatic hydroxyl groups is 2. The summed E-state index contributed by atoms with van der Waals surface area (Å²) in [6.45, 7) is 5.84. The number of phenolic OH excluding ortho intramolecular Hbond substituents is 2. The molecule has 0 aliphatic carbocycles. The first-order valence-electron chi connectivity index (χ1n) is 7.43. The van der Waals surface area contributed by atoms with E-state index in [1.54, 1.807) is 24.4 Å². The Hall–Kier alpha value is -3.09. The molecule has 0 atom stereocenters. The lowest BCUT2D eigenvalue weighted by Crippen LogP contribution is -2.16. The number of aromatic nitrogens is 4. The van der Waals surface area contributed by atoms with Gasteiger partial charge in [-0.05, 0) is 23.6 Å². The average molecular weight is 326 g/mol. The first-order chi connectivity index (χ1) is 11.3. The highest BCUT2D eigenvalue weighted by Gasteiger charge is 2.23. The van der Waals surface area contributed by atoms with Crippen molar-refractivity contribution in [3.63, 3.8) is 0 Å². The van der Waals surface area contributed by atoms with E-state index in [0.29, 0.717) is 16.8 Å². The van der Waals surface area contributed by atoms with Crippen molar-refractivity contribution in [2.24, 2.45) is 0 Å². The molecule has 24 heavy (non-hydrogen) atoms. The lowest BCUT2D eigenvalue weighted by Gasteiger charge is -2.21. The molecule has 7 heteroatoms. The zero-order valence-electron chi connectivity index (χ0n) is 13.6. The van der Waals surface area contributed by atoms with Gasteiger partial charge >= 0.3 is 5.69 Å². The number of aromatic amines is 1. The van der Waals surface area contributed by atoms with Crippen LogP contribution in [0.4, 0.5) is 0 Å². The molecule has 3 N–H and O–H groups in total. The molecule has 0 radical (unpaired) electrons. The summed E-state index contributed by atoms with van der Waals surface area (Å²) in [6, 6.07) is 6.33. The maximum atomic E-state index is 12.2. The van der Waals surface area contributed by atoms with Crippen LogP contribution in [0.25, 0.3) is 17.1 Å². The number of rotatable bonds is 2. The molecule has 3 aromatic rings. The zero-order valence-corrected chi connectivity index (χ0v) is 13.6. The summed E-state index contributed by atoms with van der Waals surface area (Å²) in [6.07, 6.45) is 3.13. The fourth-order valence-corrected chi connectivity index (χ4v) is 2.56. The average Bonchev–Trinajstić information content (AvgIpc) is 2.88. The van der Waals surface area contributed by atoms with E-state index in [4.69, 9.17) is 0 Å². The van der Waals surface area contributed by atoms with Crippen LogP contribution in [0.3, 0.4) is 0 Å². The Labute approximate surface area is 138 Å². The van der Waals surface area contributed by atoms with Crippen LogP contribution in [-0.2, 0) is 5.41 Å². The fourth-order valence-electron chi connectivity index (χ4n) is 2.56. The minimum atomic E-state index is -0.442. The molecule has 0 aliphatic rings. The third-order valence-corrected chi connectivity index (χ3v) is 3.74. The van der Waals surface area contributed by atoms with E-state index in [-0.39, 0.29) is 22.7 Å². The van der Waals surface area contributed by atoms with Crippen molar-refractivity contribution in [2.45, 2.75) is 26.2 Å². The molecule has 0 amide bonds. The lowest BCUT2D eigenvalue weighted by molar-refractivity contribution is 0.432. The fraction of sp³-hybridized carbons (Fsp3) is 0.235. The first kappa shape index (κ1) is 15.8.